The molecule has 0 atom stereocenters. The minimum atomic E-state index is -4.54. The molecule has 0 unspecified atom stereocenters. The number of carbonyl (C=O) groups excluding carboxylic acids is 1. The first-order chi connectivity index (χ1) is 16.8. The first kappa shape index (κ1) is 23.3. The number of carbonyl (C=O) groups is 1. The number of alkyl halides is 3. The van der Waals surface area contributed by atoms with Crippen LogP contribution in [0.5, 0.6) is 0 Å². The summed E-state index contributed by atoms with van der Waals surface area (Å²) >= 11 is 1.50. The van der Waals surface area contributed by atoms with E-state index < -0.39 is 11.9 Å². The maximum absolute atomic E-state index is 12.9. The van der Waals surface area contributed by atoms with Gasteiger partial charge in [0.05, 0.1) is 0 Å². The average Bonchev–Trinajstić information content (AvgIpc) is 3.60. The summed E-state index contributed by atoms with van der Waals surface area (Å²) in [5.41, 5.74) is 2.75. The molecule has 1 amide bonds. The lowest BCUT2D eigenvalue weighted by Crippen LogP contribution is -2.37. The number of hydrogen-bond acceptors (Lipinski definition) is 6. The van der Waals surface area contributed by atoms with Gasteiger partial charge in [0.1, 0.15) is 22.9 Å². The number of nitrogens with zero attached hydrogens (tertiary/aromatic N) is 5. The lowest BCUT2D eigenvalue weighted by Gasteiger charge is -2.26. The maximum Gasteiger partial charge on any atom is 0.435 e. The Balaban J connectivity index is 1.23. The minimum Gasteiger partial charge on any atom is -0.356 e. The Labute approximate surface area is 203 Å². The molecule has 1 aliphatic carbocycles. The molecule has 3 aromatic heterocycles. The highest BCUT2D eigenvalue weighted by Gasteiger charge is 2.34. The molecule has 2 aliphatic rings. The van der Waals surface area contributed by atoms with Crippen LogP contribution < -0.4 is 0 Å². The molecule has 1 aliphatic heterocycles. The Morgan fingerprint density at radius 3 is 2.74 bits per heavy atom. The van der Waals surface area contributed by atoms with E-state index in [1.807, 2.05) is 23.6 Å². The van der Waals surface area contributed by atoms with Gasteiger partial charge in [0.2, 0.25) is 5.91 Å². The van der Waals surface area contributed by atoms with Crippen LogP contribution in [-0.2, 0) is 17.5 Å². The van der Waals surface area contributed by atoms with E-state index in [1.54, 1.807) is 4.90 Å². The van der Waals surface area contributed by atoms with Gasteiger partial charge in [-0.05, 0) is 37.8 Å². The molecule has 0 saturated carbocycles. The Morgan fingerprint density at radius 1 is 1.20 bits per heavy atom. The minimum absolute atomic E-state index is 0.230. The first-order valence-electron chi connectivity index (χ1n) is 11.2. The molecule has 35 heavy (non-hydrogen) atoms. The molecule has 0 bridgehead atoms. The van der Waals surface area contributed by atoms with E-state index in [-0.39, 0.29) is 12.5 Å². The zero-order valence-corrected chi connectivity index (χ0v) is 19.7. The van der Waals surface area contributed by atoms with Crippen molar-refractivity contribution in [2.75, 3.05) is 13.1 Å². The third kappa shape index (κ3) is 5.00. The fraction of sp³-hybridized carbons (Fsp3) is 0.333. The van der Waals surface area contributed by atoms with Gasteiger partial charge in [-0.15, -0.1) is 11.3 Å². The lowest BCUT2D eigenvalue weighted by atomic mass is 10.0. The largest absolute Gasteiger partial charge is 0.435 e. The van der Waals surface area contributed by atoms with Crippen LogP contribution >= 0.6 is 11.3 Å². The molecule has 182 valence electrons. The Kier molecular flexibility index (Phi) is 6.18. The number of halogens is 3. The topological polar surface area (TPSA) is 77.0 Å². The quantitative estimate of drug-likeness (QED) is 0.470. The number of aromatic nitrogens is 4. The highest BCUT2D eigenvalue weighted by Crippen LogP contribution is 2.31. The summed E-state index contributed by atoms with van der Waals surface area (Å²) in [4.78, 5) is 19.0. The van der Waals surface area contributed by atoms with E-state index in [9.17, 15) is 18.0 Å². The van der Waals surface area contributed by atoms with Crippen LogP contribution in [-0.4, -0.2) is 43.8 Å². The third-order valence-electron chi connectivity index (χ3n) is 5.95. The summed E-state index contributed by atoms with van der Waals surface area (Å²) in [5.74, 6) is 0.438. The van der Waals surface area contributed by atoms with E-state index in [2.05, 4.69) is 22.4 Å². The van der Waals surface area contributed by atoms with Crippen LogP contribution in [0, 0.1) is 6.92 Å². The molecule has 7 nitrogen and oxygen atoms in total. The fourth-order valence-corrected chi connectivity index (χ4v) is 4.88. The molecule has 3 aromatic rings. The van der Waals surface area contributed by atoms with Crippen molar-refractivity contribution in [3.8, 4) is 11.4 Å². The zero-order chi connectivity index (χ0) is 24.6. The van der Waals surface area contributed by atoms with E-state index in [0.29, 0.717) is 36.7 Å². The van der Waals surface area contributed by atoms with Crippen LogP contribution in [0.15, 0.2) is 46.3 Å². The Bertz CT molecular complexity index is 1350. The van der Waals surface area contributed by atoms with E-state index in [1.165, 1.54) is 18.3 Å². The smallest absolute Gasteiger partial charge is 0.356 e. The molecule has 0 aromatic carbocycles. The number of aryl methyl sites for hydroxylation is 1. The molecular formula is C24H22F3N5O2S. The summed E-state index contributed by atoms with van der Waals surface area (Å²) < 4.78 is 45.2. The lowest BCUT2D eigenvalue weighted by molar-refractivity contribution is -0.142. The molecular weight excluding hydrogens is 479 g/mol. The SMILES string of the molecule is Cc1cc(C(F)(F)F)nn1CC(=O)N1CC=C(c2nc(-c3cc(C4=CCCC=C4)on3)cs2)CC1. The van der Waals surface area contributed by atoms with Crippen molar-refractivity contribution in [2.24, 2.45) is 0 Å². The molecule has 0 fully saturated rings. The predicted molar refractivity (Wildman–Crippen MR) is 125 cm³/mol. The fourth-order valence-electron chi connectivity index (χ4n) is 3.99. The van der Waals surface area contributed by atoms with E-state index >= 15 is 0 Å². The van der Waals surface area contributed by atoms with Gasteiger partial charge in [-0.3, -0.25) is 9.48 Å². The molecule has 0 saturated heterocycles. The van der Waals surface area contributed by atoms with Crippen molar-refractivity contribution in [3.05, 3.63) is 64.0 Å². The molecule has 0 N–H and O–H groups in total. The first-order valence-corrected chi connectivity index (χ1v) is 12.0. The summed E-state index contributed by atoms with van der Waals surface area (Å²) in [7, 11) is 0. The highest BCUT2D eigenvalue weighted by atomic mass is 32.1. The maximum atomic E-state index is 12.9. The van der Waals surface area contributed by atoms with Crippen molar-refractivity contribution < 1.29 is 22.5 Å². The van der Waals surface area contributed by atoms with E-state index in [0.717, 1.165) is 45.4 Å². The second-order valence-corrected chi connectivity index (χ2v) is 9.26. The monoisotopic (exact) mass is 501 g/mol. The van der Waals surface area contributed by atoms with Crippen molar-refractivity contribution in [3.63, 3.8) is 0 Å². The van der Waals surface area contributed by atoms with Crippen LogP contribution in [0.3, 0.4) is 0 Å². The predicted octanol–water partition coefficient (Wildman–Crippen LogP) is 5.37. The molecule has 0 radical (unpaired) electrons. The van der Waals surface area contributed by atoms with Crippen LogP contribution in [0.25, 0.3) is 22.5 Å². The molecule has 4 heterocycles. The van der Waals surface area contributed by atoms with Crippen LogP contribution in [0.2, 0.25) is 0 Å². The summed E-state index contributed by atoms with van der Waals surface area (Å²) in [6, 6.07) is 2.83. The van der Waals surface area contributed by atoms with Gasteiger partial charge in [-0.2, -0.15) is 18.3 Å². The number of allylic oxidation sites excluding steroid dienone is 4. The van der Waals surface area contributed by atoms with Gasteiger partial charge in [-0.1, -0.05) is 29.5 Å². The summed E-state index contributed by atoms with van der Waals surface area (Å²) in [6.45, 7) is 2.10. The van der Waals surface area contributed by atoms with Gasteiger partial charge < -0.3 is 9.42 Å². The van der Waals surface area contributed by atoms with Crippen molar-refractivity contribution in [1.29, 1.82) is 0 Å². The van der Waals surface area contributed by atoms with Crippen LogP contribution in [0.1, 0.15) is 41.4 Å². The van der Waals surface area contributed by atoms with Gasteiger partial charge in [0, 0.05) is 35.8 Å². The van der Waals surface area contributed by atoms with Gasteiger partial charge in [0.15, 0.2) is 11.5 Å². The van der Waals surface area contributed by atoms with E-state index in [4.69, 9.17) is 9.51 Å². The normalized spacial score (nSPS) is 16.4. The number of rotatable bonds is 5. The highest BCUT2D eigenvalue weighted by molar-refractivity contribution is 7.11. The number of hydrogen-bond donors (Lipinski definition) is 0. The number of thiazole rings is 1. The standard InChI is InChI=1S/C24H22F3N5O2S/c1-15-11-21(24(25,26)27)29-32(15)13-22(33)31-9-7-17(8-10-31)23-28-19(14-35-23)18-12-20(34-30-18)16-5-3-2-4-6-16/h3,5-7,11-12,14H,2,4,8-10,13H2,1H3. The molecule has 5 rings (SSSR count). The van der Waals surface area contributed by atoms with Gasteiger partial charge >= 0.3 is 6.18 Å². The number of amides is 1. The average molecular weight is 502 g/mol. The Morgan fingerprint density at radius 2 is 2.06 bits per heavy atom. The van der Waals surface area contributed by atoms with Crippen LogP contribution in [0.4, 0.5) is 13.2 Å². The zero-order valence-electron chi connectivity index (χ0n) is 18.9. The summed E-state index contributed by atoms with van der Waals surface area (Å²) in [5, 5.41) is 10.5. The van der Waals surface area contributed by atoms with Crippen molar-refractivity contribution in [1.82, 2.24) is 24.8 Å². The van der Waals surface area contributed by atoms with Crippen molar-refractivity contribution >= 4 is 28.4 Å². The third-order valence-corrected chi connectivity index (χ3v) is 6.87. The molecule has 11 heteroatoms. The summed E-state index contributed by atoms with van der Waals surface area (Å²) in [6.07, 6.45) is 6.28. The van der Waals surface area contributed by atoms with Gasteiger partial charge in [0.25, 0.3) is 0 Å². The van der Waals surface area contributed by atoms with Gasteiger partial charge in [-0.25, -0.2) is 4.98 Å². The molecule has 0 spiro atoms. The second-order valence-electron chi connectivity index (χ2n) is 8.40. The van der Waals surface area contributed by atoms with Crippen molar-refractivity contribution in [2.45, 2.75) is 38.9 Å². The second kappa shape index (κ2) is 9.29. The Hall–Kier alpha value is -3.47.